The van der Waals surface area contributed by atoms with Crippen LogP contribution in [0.5, 0.6) is 0 Å². The third kappa shape index (κ3) is 6.37. The molecule has 1 fully saturated rings. The quantitative estimate of drug-likeness (QED) is 0.739. The average molecular weight is 366 g/mol. The van der Waals surface area contributed by atoms with Crippen LogP contribution in [-0.2, 0) is 9.59 Å². The number of amides is 2. The van der Waals surface area contributed by atoms with Crippen molar-refractivity contribution in [3.8, 4) is 0 Å². The zero-order valence-electron chi connectivity index (χ0n) is 13.3. The molecule has 23 heavy (non-hydrogen) atoms. The number of carbonyl (C=O) groups excluding carboxylic acids is 2. The number of likely N-dealkylation sites (N-methyl/N-ethyl adjacent to an activating group) is 1. The number of halogens is 2. The summed E-state index contributed by atoms with van der Waals surface area (Å²) in [5, 5.41) is 6.82. The maximum atomic E-state index is 12.2. The van der Waals surface area contributed by atoms with E-state index < -0.39 is 6.04 Å². The first kappa shape index (κ1) is 21.7. The Morgan fingerprint density at radius 1 is 1.43 bits per heavy atom. The van der Waals surface area contributed by atoms with Crippen LogP contribution in [-0.4, -0.2) is 52.7 Å². The summed E-state index contributed by atoms with van der Waals surface area (Å²) in [7, 11) is 1.61. The zero-order chi connectivity index (χ0) is 15.4. The number of nitrogens with two attached hydrogens (primary N) is 1. The van der Waals surface area contributed by atoms with Crippen molar-refractivity contribution in [3.63, 3.8) is 0 Å². The normalized spacial score (nSPS) is 15.6. The van der Waals surface area contributed by atoms with Crippen molar-refractivity contribution < 1.29 is 9.59 Å². The van der Waals surface area contributed by atoms with Gasteiger partial charge in [-0.25, -0.2) is 0 Å². The van der Waals surface area contributed by atoms with Gasteiger partial charge in [0, 0.05) is 32.0 Å². The summed E-state index contributed by atoms with van der Waals surface area (Å²) in [6.07, 6.45) is 5.65. The first-order valence-corrected chi connectivity index (χ1v) is 7.25. The smallest absolute Gasteiger partial charge is 0.247 e. The third-order valence-electron chi connectivity index (χ3n) is 3.80. The van der Waals surface area contributed by atoms with Gasteiger partial charge in [-0.05, 0) is 31.7 Å². The van der Waals surface area contributed by atoms with Crippen LogP contribution in [0.2, 0.25) is 0 Å². The molecular weight excluding hydrogens is 341 g/mol. The second-order valence-corrected chi connectivity index (χ2v) is 5.66. The highest BCUT2D eigenvalue weighted by Gasteiger charge is 2.28. The van der Waals surface area contributed by atoms with Crippen molar-refractivity contribution in [1.82, 2.24) is 20.0 Å². The molecule has 1 aromatic rings. The van der Waals surface area contributed by atoms with Crippen LogP contribution in [0.3, 0.4) is 0 Å². The summed E-state index contributed by atoms with van der Waals surface area (Å²) >= 11 is 0. The van der Waals surface area contributed by atoms with Gasteiger partial charge in [0.1, 0.15) is 6.04 Å². The second-order valence-electron chi connectivity index (χ2n) is 5.66. The molecule has 132 valence electrons. The van der Waals surface area contributed by atoms with E-state index in [0.29, 0.717) is 12.5 Å². The molecule has 3 N–H and O–H groups in total. The van der Waals surface area contributed by atoms with Crippen LogP contribution in [0.1, 0.15) is 25.8 Å². The molecule has 2 atom stereocenters. The van der Waals surface area contributed by atoms with E-state index >= 15 is 0 Å². The molecule has 1 aliphatic carbocycles. The van der Waals surface area contributed by atoms with Crippen LogP contribution in [0.4, 0.5) is 0 Å². The van der Waals surface area contributed by atoms with Crippen LogP contribution >= 0.6 is 24.8 Å². The van der Waals surface area contributed by atoms with E-state index in [1.807, 2.05) is 0 Å². The van der Waals surface area contributed by atoms with Gasteiger partial charge in [0.2, 0.25) is 11.8 Å². The molecular formula is C14H25Cl2N5O2. The minimum Gasteiger partial charge on any atom is -0.353 e. The fourth-order valence-corrected chi connectivity index (χ4v) is 2.21. The van der Waals surface area contributed by atoms with Crippen molar-refractivity contribution in [2.75, 3.05) is 20.1 Å². The lowest BCUT2D eigenvalue weighted by atomic mass is 10.2. The topological polar surface area (TPSA) is 93.3 Å². The number of aromatic nitrogens is 2. The molecule has 2 amide bonds. The van der Waals surface area contributed by atoms with Crippen molar-refractivity contribution in [2.24, 2.45) is 11.7 Å². The van der Waals surface area contributed by atoms with Crippen LogP contribution in [0.15, 0.2) is 18.5 Å². The van der Waals surface area contributed by atoms with Crippen molar-refractivity contribution in [2.45, 2.75) is 31.8 Å². The predicted octanol–water partition coefficient (Wildman–Crippen LogP) is 0.600. The molecule has 2 unspecified atom stereocenters. The molecule has 2 rings (SSSR count). The van der Waals surface area contributed by atoms with Crippen molar-refractivity contribution in [3.05, 3.63) is 18.5 Å². The highest BCUT2D eigenvalue weighted by atomic mass is 35.5. The Balaban J connectivity index is 0.00000242. The molecule has 0 saturated heterocycles. The Hall–Kier alpha value is -1.31. The van der Waals surface area contributed by atoms with Crippen LogP contribution < -0.4 is 11.1 Å². The molecule has 1 aromatic heterocycles. The molecule has 0 aromatic carbocycles. The van der Waals surface area contributed by atoms with Gasteiger partial charge in [0.15, 0.2) is 0 Å². The SMILES string of the molecule is CC(C(=O)N(C)CC(=O)NCC(N)C1CC1)n1cccn1.Cl.Cl. The number of rotatable bonds is 7. The van der Waals surface area contributed by atoms with E-state index in [2.05, 4.69) is 10.4 Å². The van der Waals surface area contributed by atoms with E-state index in [1.54, 1.807) is 37.1 Å². The highest BCUT2D eigenvalue weighted by molar-refractivity contribution is 5.86. The van der Waals surface area contributed by atoms with E-state index in [-0.39, 0.29) is 49.2 Å². The maximum absolute atomic E-state index is 12.2. The van der Waals surface area contributed by atoms with E-state index in [4.69, 9.17) is 5.73 Å². The summed E-state index contributed by atoms with van der Waals surface area (Å²) in [6, 6.07) is 1.36. The molecule has 0 bridgehead atoms. The van der Waals surface area contributed by atoms with Gasteiger partial charge < -0.3 is 16.0 Å². The van der Waals surface area contributed by atoms with E-state index in [9.17, 15) is 9.59 Å². The first-order valence-electron chi connectivity index (χ1n) is 7.25. The Bertz CT molecular complexity index is 493. The number of nitrogens with zero attached hydrogens (tertiary/aromatic N) is 3. The van der Waals surface area contributed by atoms with Gasteiger partial charge in [0.05, 0.1) is 6.54 Å². The Morgan fingerprint density at radius 2 is 2.09 bits per heavy atom. The molecule has 7 nitrogen and oxygen atoms in total. The van der Waals surface area contributed by atoms with Gasteiger partial charge in [0.25, 0.3) is 0 Å². The van der Waals surface area contributed by atoms with Crippen molar-refractivity contribution >= 4 is 36.6 Å². The van der Waals surface area contributed by atoms with Gasteiger partial charge in [-0.2, -0.15) is 5.10 Å². The lowest BCUT2D eigenvalue weighted by molar-refractivity contribution is -0.137. The maximum Gasteiger partial charge on any atom is 0.247 e. The summed E-state index contributed by atoms with van der Waals surface area (Å²) in [5.74, 6) is 0.208. The van der Waals surface area contributed by atoms with Gasteiger partial charge in [-0.3, -0.25) is 14.3 Å². The minimum absolute atomic E-state index is 0. The third-order valence-corrected chi connectivity index (χ3v) is 3.80. The summed E-state index contributed by atoms with van der Waals surface area (Å²) in [5.41, 5.74) is 5.92. The highest BCUT2D eigenvalue weighted by Crippen LogP contribution is 2.31. The molecule has 9 heteroatoms. The second kappa shape index (κ2) is 9.75. The zero-order valence-corrected chi connectivity index (χ0v) is 15.0. The monoisotopic (exact) mass is 365 g/mol. The molecule has 1 heterocycles. The summed E-state index contributed by atoms with van der Waals surface area (Å²) in [4.78, 5) is 25.4. The molecule has 0 radical (unpaired) electrons. The standard InChI is InChI=1S/C14H23N5O2.2ClH/c1-10(19-7-3-6-17-19)14(21)18(2)9-13(20)16-8-12(15)11-4-5-11;;/h3,6-7,10-12H,4-5,8-9,15H2,1-2H3,(H,16,20);2*1H. The number of hydrogen-bond donors (Lipinski definition) is 2. The van der Waals surface area contributed by atoms with E-state index in [1.165, 1.54) is 4.90 Å². The van der Waals surface area contributed by atoms with Crippen molar-refractivity contribution in [1.29, 1.82) is 0 Å². The fraction of sp³-hybridized carbons (Fsp3) is 0.643. The van der Waals surface area contributed by atoms with Gasteiger partial charge in [-0.15, -0.1) is 24.8 Å². The first-order chi connectivity index (χ1) is 9.99. The number of carbonyl (C=O) groups is 2. The number of hydrogen-bond acceptors (Lipinski definition) is 4. The Morgan fingerprint density at radius 3 is 2.61 bits per heavy atom. The lowest BCUT2D eigenvalue weighted by Crippen LogP contribution is -2.44. The lowest BCUT2D eigenvalue weighted by Gasteiger charge is -2.21. The molecule has 0 spiro atoms. The van der Waals surface area contributed by atoms with Crippen LogP contribution in [0, 0.1) is 5.92 Å². The number of nitrogens with one attached hydrogen (secondary N) is 1. The average Bonchev–Trinajstić information content (AvgIpc) is 3.18. The Labute approximate surface area is 148 Å². The summed E-state index contributed by atoms with van der Waals surface area (Å²) < 4.78 is 1.57. The summed E-state index contributed by atoms with van der Waals surface area (Å²) in [6.45, 7) is 2.26. The Kier molecular flexibility index (Phi) is 9.19. The predicted molar refractivity (Wildman–Crippen MR) is 92.8 cm³/mol. The fourth-order valence-electron chi connectivity index (χ4n) is 2.21. The molecule has 1 aliphatic rings. The van der Waals surface area contributed by atoms with E-state index in [0.717, 1.165) is 12.8 Å². The van der Waals surface area contributed by atoms with Gasteiger partial charge >= 0.3 is 0 Å². The minimum atomic E-state index is -0.425. The van der Waals surface area contributed by atoms with Gasteiger partial charge in [-0.1, -0.05) is 0 Å². The van der Waals surface area contributed by atoms with Crippen LogP contribution in [0.25, 0.3) is 0 Å². The largest absolute Gasteiger partial charge is 0.353 e. The molecule has 1 saturated carbocycles. The molecule has 0 aliphatic heterocycles.